The van der Waals surface area contributed by atoms with Gasteiger partial charge in [0.25, 0.3) is 0 Å². The van der Waals surface area contributed by atoms with Crippen LogP contribution in [-0.4, -0.2) is 82.5 Å². The van der Waals surface area contributed by atoms with Crippen LogP contribution in [0.2, 0.25) is 0 Å². The first-order valence-electron chi connectivity index (χ1n) is 10.5. The first kappa shape index (κ1) is 21.9. The van der Waals surface area contributed by atoms with Crippen molar-refractivity contribution in [3.63, 3.8) is 0 Å². The van der Waals surface area contributed by atoms with Crippen molar-refractivity contribution in [3.05, 3.63) is 23.8 Å². The quantitative estimate of drug-likeness (QED) is 0.613. The lowest BCUT2D eigenvalue weighted by atomic mass is 9.86. The van der Waals surface area contributed by atoms with Gasteiger partial charge in [-0.3, -0.25) is 14.6 Å². The molecule has 0 aromatic heterocycles. The SMILES string of the molecule is COC(=O)CC[C@@H]1CN(Cc2cc(OC)cc(OC)c2)CC[C@@H]1N1CCOCC1. The van der Waals surface area contributed by atoms with Gasteiger partial charge in [0.15, 0.2) is 0 Å². The van der Waals surface area contributed by atoms with Crippen LogP contribution in [0.1, 0.15) is 24.8 Å². The van der Waals surface area contributed by atoms with E-state index in [1.54, 1.807) is 14.2 Å². The zero-order valence-corrected chi connectivity index (χ0v) is 17.9. The first-order chi connectivity index (χ1) is 14.1. The highest BCUT2D eigenvalue weighted by molar-refractivity contribution is 5.69. The fourth-order valence-electron chi connectivity index (χ4n) is 4.53. The lowest BCUT2D eigenvalue weighted by Gasteiger charge is -2.45. The molecule has 29 heavy (non-hydrogen) atoms. The highest BCUT2D eigenvalue weighted by atomic mass is 16.5. The highest BCUT2D eigenvalue weighted by Gasteiger charge is 2.34. The van der Waals surface area contributed by atoms with E-state index < -0.39 is 0 Å². The Balaban J connectivity index is 1.67. The van der Waals surface area contributed by atoms with Gasteiger partial charge in [0.2, 0.25) is 0 Å². The molecule has 3 rings (SSSR count). The van der Waals surface area contributed by atoms with E-state index in [-0.39, 0.29) is 5.97 Å². The molecule has 0 radical (unpaired) electrons. The fraction of sp³-hybridized carbons (Fsp3) is 0.682. The van der Waals surface area contributed by atoms with E-state index in [1.807, 2.05) is 6.07 Å². The fourth-order valence-corrected chi connectivity index (χ4v) is 4.53. The lowest BCUT2D eigenvalue weighted by Crippen LogP contribution is -2.53. The van der Waals surface area contributed by atoms with Crippen LogP contribution in [0.3, 0.4) is 0 Å². The van der Waals surface area contributed by atoms with E-state index >= 15 is 0 Å². The van der Waals surface area contributed by atoms with Gasteiger partial charge in [-0.15, -0.1) is 0 Å². The second-order valence-corrected chi connectivity index (χ2v) is 7.84. The van der Waals surface area contributed by atoms with E-state index in [9.17, 15) is 4.79 Å². The van der Waals surface area contributed by atoms with Crippen molar-refractivity contribution in [3.8, 4) is 11.5 Å². The number of methoxy groups -OCH3 is 3. The molecule has 162 valence electrons. The van der Waals surface area contributed by atoms with Gasteiger partial charge in [0.1, 0.15) is 11.5 Å². The number of nitrogens with zero attached hydrogens (tertiary/aromatic N) is 2. The lowest BCUT2D eigenvalue weighted by molar-refractivity contribution is -0.141. The maximum Gasteiger partial charge on any atom is 0.305 e. The van der Waals surface area contributed by atoms with Gasteiger partial charge in [0, 0.05) is 44.7 Å². The average molecular weight is 407 g/mol. The predicted octanol–water partition coefficient (Wildman–Crippen LogP) is 2.18. The number of carbonyl (C=O) groups is 1. The summed E-state index contributed by atoms with van der Waals surface area (Å²) in [6.45, 7) is 6.41. The summed E-state index contributed by atoms with van der Waals surface area (Å²) in [5.41, 5.74) is 1.18. The molecule has 7 heteroatoms. The Morgan fingerprint density at radius 1 is 1.07 bits per heavy atom. The second-order valence-electron chi connectivity index (χ2n) is 7.84. The number of rotatable bonds is 8. The van der Waals surface area contributed by atoms with Crippen molar-refractivity contribution in [1.82, 2.24) is 9.80 Å². The Morgan fingerprint density at radius 3 is 2.38 bits per heavy atom. The number of morpholine rings is 1. The Bertz CT molecular complexity index is 640. The van der Waals surface area contributed by atoms with Gasteiger partial charge in [-0.1, -0.05) is 0 Å². The maximum absolute atomic E-state index is 11.8. The Labute approximate surface area is 173 Å². The number of likely N-dealkylation sites (tertiary alicyclic amines) is 1. The van der Waals surface area contributed by atoms with Crippen LogP contribution in [0.25, 0.3) is 0 Å². The van der Waals surface area contributed by atoms with E-state index in [0.29, 0.717) is 18.4 Å². The molecule has 0 amide bonds. The van der Waals surface area contributed by atoms with Crippen molar-refractivity contribution in [2.75, 3.05) is 60.7 Å². The molecule has 0 aliphatic carbocycles. The van der Waals surface area contributed by atoms with Crippen LogP contribution < -0.4 is 9.47 Å². The van der Waals surface area contributed by atoms with Crippen LogP contribution >= 0.6 is 0 Å². The van der Waals surface area contributed by atoms with Gasteiger partial charge in [-0.05, 0) is 43.0 Å². The van der Waals surface area contributed by atoms with E-state index in [1.165, 1.54) is 12.7 Å². The molecule has 0 spiro atoms. The monoisotopic (exact) mass is 406 g/mol. The summed E-state index contributed by atoms with van der Waals surface area (Å²) in [4.78, 5) is 16.8. The largest absolute Gasteiger partial charge is 0.497 e. The molecule has 0 saturated carbocycles. The zero-order valence-electron chi connectivity index (χ0n) is 17.9. The summed E-state index contributed by atoms with van der Waals surface area (Å²) in [6.07, 6.45) is 2.43. The Morgan fingerprint density at radius 2 is 1.76 bits per heavy atom. The van der Waals surface area contributed by atoms with Gasteiger partial charge in [0.05, 0.1) is 34.5 Å². The smallest absolute Gasteiger partial charge is 0.305 e. The number of ether oxygens (including phenoxy) is 4. The van der Waals surface area contributed by atoms with Crippen LogP contribution in [-0.2, 0) is 20.8 Å². The molecule has 2 heterocycles. The molecule has 2 aliphatic heterocycles. The molecule has 0 unspecified atom stereocenters. The number of hydrogen-bond donors (Lipinski definition) is 0. The van der Waals surface area contributed by atoms with E-state index in [0.717, 1.165) is 70.3 Å². The molecule has 2 atom stereocenters. The molecular weight excluding hydrogens is 372 g/mol. The molecule has 2 aliphatic rings. The van der Waals surface area contributed by atoms with Crippen molar-refractivity contribution < 1.29 is 23.7 Å². The summed E-state index contributed by atoms with van der Waals surface area (Å²) < 4.78 is 21.2. The molecule has 1 aromatic carbocycles. The van der Waals surface area contributed by atoms with Crippen LogP contribution in [0.15, 0.2) is 18.2 Å². The normalized spacial score (nSPS) is 23.6. The van der Waals surface area contributed by atoms with Gasteiger partial charge >= 0.3 is 5.97 Å². The topological polar surface area (TPSA) is 60.5 Å². The average Bonchev–Trinajstić information content (AvgIpc) is 2.77. The minimum Gasteiger partial charge on any atom is -0.497 e. The summed E-state index contributed by atoms with van der Waals surface area (Å²) in [5.74, 6) is 1.93. The van der Waals surface area contributed by atoms with Crippen LogP contribution in [0.4, 0.5) is 0 Å². The molecule has 2 saturated heterocycles. The molecule has 7 nitrogen and oxygen atoms in total. The standard InChI is InChI=1S/C22H34N2O5/c1-26-19-12-17(13-20(14-19)27-2)15-23-7-6-21(24-8-10-29-11-9-24)18(16-23)4-5-22(25)28-3/h12-14,18,21H,4-11,15-16H2,1-3H3/t18-,21+/m1/s1. The summed E-state index contributed by atoms with van der Waals surface area (Å²) in [5, 5.41) is 0. The molecule has 2 fully saturated rings. The number of piperidine rings is 1. The summed E-state index contributed by atoms with van der Waals surface area (Å²) >= 11 is 0. The maximum atomic E-state index is 11.8. The molecule has 0 N–H and O–H groups in total. The van der Waals surface area contributed by atoms with Crippen molar-refractivity contribution in [2.24, 2.45) is 5.92 Å². The molecule has 0 bridgehead atoms. The molecular formula is C22H34N2O5. The third kappa shape index (κ3) is 6.07. The second kappa shape index (κ2) is 10.8. The minimum atomic E-state index is -0.125. The third-order valence-electron chi connectivity index (χ3n) is 6.06. The highest BCUT2D eigenvalue weighted by Crippen LogP contribution is 2.29. The Kier molecular flexibility index (Phi) is 8.15. The van der Waals surface area contributed by atoms with E-state index in [2.05, 4.69) is 21.9 Å². The number of benzene rings is 1. The number of hydrogen-bond acceptors (Lipinski definition) is 7. The van der Waals surface area contributed by atoms with Gasteiger partial charge < -0.3 is 18.9 Å². The van der Waals surface area contributed by atoms with Gasteiger partial charge in [-0.2, -0.15) is 0 Å². The van der Waals surface area contributed by atoms with E-state index in [4.69, 9.17) is 18.9 Å². The van der Waals surface area contributed by atoms with Crippen molar-refractivity contribution >= 4 is 5.97 Å². The summed E-state index contributed by atoms with van der Waals surface area (Å²) in [7, 11) is 4.82. The first-order valence-corrected chi connectivity index (χ1v) is 10.5. The molecule has 1 aromatic rings. The van der Waals surface area contributed by atoms with Gasteiger partial charge in [-0.25, -0.2) is 0 Å². The van der Waals surface area contributed by atoms with Crippen LogP contribution in [0.5, 0.6) is 11.5 Å². The van der Waals surface area contributed by atoms with Crippen molar-refractivity contribution in [2.45, 2.75) is 31.8 Å². The minimum absolute atomic E-state index is 0.125. The third-order valence-corrected chi connectivity index (χ3v) is 6.06. The van der Waals surface area contributed by atoms with Crippen molar-refractivity contribution in [1.29, 1.82) is 0 Å². The number of esters is 1. The Hall–Kier alpha value is -1.83. The predicted molar refractivity (Wildman–Crippen MR) is 110 cm³/mol. The van der Waals surface area contributed by atoms with Crippen LogP contribution in [0, 0.1) is 5.92 Å². The summed E-state index contributed by atoms with van der Waals surface area (Å²) in [6, 6.07) is 6.53. The number of carbonyl (C=O) groups excluding carboxylic acids is 1. The zero-order chi connectivity index (χ0) is 20.6.